The smallest absolute Gasteiger partial charge is 0.213 e. The van der Waals surface area contributed by atoms with Crippen molar-refractivity contribution >= 4 is 10.9 Å². The van der Waals surface area contributed by atoms with Gasteiger partial charge in [-0.3, -0.25) is 0 Å². The van der Waals surface area contributed by atoms with Crippen molar-refractivity contribution < 1.29 is 9.47 Å². The molecular formula is C12H11NO2. The summed E-state index contributed by atoms with van der Waals surface area (Å²) in [4.78, 5) is 4.40. The van der Waals surface area contributed by atoms with E-state index in [1.807, 2.05) is 36.4 Å². The summed E-state index contributed by atoms with van der Waals surface area (Å²) in [5, 5.41) is 1.13. The summed E-state index contributed by atoms with van der Waals surface area (Å²) < 4.78 is 10.6. The Hall–Kier alpha value is -1.61. The second-order valence-electron chi connectivity index (χ2n) is 3.61. The summed E-state index contributed by atoms with van der Waals surface area (Å²) in [5.41, 5.74) is 0.965. The Morgan fingerprint density at radius 3 is 3.00 bits per heavy atom. The largest absolute Gasteiger partial charge is 0.475 e. The van der Waals surface area contributed by atoms with E-state index in [4.69, 9.17) is 9.47 Å². The molecule has 15 heavy (non-hydrogen) atoms. The van der Waals surface area contributed by atoms with Gasteiger partial charge in [0.2, 0.25) is 5.88 Å². The van der Waals surface area contributed by atoms with Gasteiger partial charge in [-0.1, -0.05) is 18.2 Å². The number of rotatable bonds is 3. The summed E-state index contributed by atoms with van der Waals surface area (Å²) >= 11 is 0. The topological polar surface area (TPSA) is 34.6 Å². The first kappa shape index (κ1) is 8.68. The van der Waals surface area contributed by atoms with Crippen LogP contribution in [0.5, 0.6) is 5.88 Å². The molecule has 2 aromatic rings. The third-order valence-electron chi connectivity index (χ3n) is 2.39. The first-order valence-electron chi connectivity index (χ1n) is 5.02. The molecule has 1 atom stereocenters. The molecule has 0 radical (unpaired) electrons. The molecule has 0 amide bonds. The highest BCUT2D eigenvalue weighted by atomic mass is 16.6. The molecule has 0 spiro atoms. The van der Waals surface area contributed by atoms with Gasteiger partial charge in [-0.25, -0.2) is 4.98 Å². The molecule has 1 aliphatic rings. The molecule has 0 bridgehead atoms. The van der Waals surface area contributed by atoms with E-state index in [0.29, 0.717) is 12.5 Å². The van der Waals surface area contributed by atoms with Crippen LogP contribution in [0.3, 0.4) is 0 Å². The van der Waals surface area contributed by atoms with E-state index in [2.05, 4.69) is 4.98 Å². The minimum Gasteiger partial charge on any atom is -0.475 e. The van der Waals surface area contributed by atoms with Crippen LogP contribution in [0.2, 0.25) is 0 Å². The molecule has 2 heterocycles. The number of fused-ring (bicyclic) bond motifs is 1. The van der Waals surface area contributed by atoms with Gasteiger partial charge in [-0.05, 0) is 12.1 Å². The Balaban J connectivity index is 1.84. The van der Waals surface area contributed by atoms with Crippen molar-refractivity contribution in [3.8, 4) is 5.88 Å². The number of epoxide rings is 1. The normalized spacial score (nSPS) is 19.1. The van der Waals surface area contributed by atoms with Crippen LogP contribution in [-0.2, 0) is 4.74 Å². The molecule has 0 N–H and O–H groups in total. The van der Waals surface area contributed by atoms with Crippen LogP contribution in [0.1, 0.15) is 0 Å². The molecule has 3 nitrogen and oxygen atoms in total. The van der Waals surface area contributed by atoms with Gasteiger partial charge in [-0.15, -0.1) is 0 Å². The van der Waals surface area contributed by atoms with Gasteiger partial charge < -0.3 is 9.47 Å². The average molecular weight is 201 g/mol. The third-order valence-corrected chi connectivity index (χ3v) is 2.39. The number of para-hydroxylation sites is 1. The van der Waals surface area contributed by atoms with Crippen molar-refractivity contribution in [2.75, 3.05) is 13.2 Å². The van der Waals surface area contributed by atoms with Gasteiger partial charge in [0, 0.05) is 11.5 Å². The Kier molecular flexibility index (Phi) is 2.03. The van der Waals surface area contributed by atoms with E-state index in [9.17, 15) is 0 Å². The maximum absolute atomic E-state index is 5.50. The lowest BCUT2D eigenvalue weighted by atomic mass is 10.2. The average Bonchev–Trinajstić information content (AvgIpc) is 3.10. The Morgan fingerprint density at radius 1 is 1.27 bits per heavy atom. The highest BCUT2D eigenvalue weighted by Crippen LogP contribution is 2.17. The second-order valence-corrected chi connectivity index (χ2v) is 3.61. The number of pyridine rings is 1. The summed E-state index contributed by atoms with van der Waals surface area (Å²) in [6, 6.07) is 11.9. The lowest BCUT2D eigenvalue weighted by molar-refractivity contribution is 0.256. The number of ether oxygens (including phenoxy) is 2. The third kappa shape index (κ3) is 1.92. The number of aromatic nitrogens is 1. The summed E-state index contributed by atoms with van der Waals surface area (Å²) in [5.74, 6) is 0.671. The van der Waals surface area contributed by atoms with Crippen LogP contribution in [0.25, 0.3) is 10.9 Å². The molecule has 1 fully saturated rings. The van der Waals surface area contributed by atoms with Crippen molar-refractivity contribution in [2.45, 2.75) is 6.10 Å². The van der Waals surface area contributed by atoms with Gasteiger partial charge in [0.15, 0.2) is 0 Å². The van der Waals surface area contributed by atoms with E-state index in [-0.39, 0.29) is 6.10 Å². The van der Waals surface area contributed by atoms with E-state index >= 15 is 0 Å². The predicted molar refractivity (Wildman–Crippen MR) is 57.0 cm³/mol. The number of hydrogen-bond donors (Lipinski definition) is 0. The zero-order valence-corrected chi connectivity index (χ0v) is 8.22. The number of nitrogens with zero attached hydrogens (tertiary/aromatic N) is 1. The molecule has 0 saturated carbocycles. The monoisotopic (exact) mass is 201 g/mol. The van der Waals surface area contributed by atoms with Crippen LogP contribution < -0.4 is 4.74 Å². The highest BCUT2D eigenvalue weighted by Gasteiger charge is 2.23. The second kappa shape index (κ2) is 3.51. The van der Waals surface area contributed by atoms with Gasteiger partial charge in [0.05, 0.1) is 12.1 Å². The Morgan fingerprint density at radius 2 is 2.13 bits per heavy atom. The lowest BCUT2D eigenvalue weighted by Gasteiger charge is -2.03. The van der Waals surface area contributed by atoms with Crippen molar-refractivity contribution in [2.24, 2.45) is 0 Å². The highest BCUT2D eigenvalue weighted by molar-refractivity contribution is 5.78. The molecular weight excluding hydrogens is 190 g/mol. The summed E-state index contributed by atoms with van der Waals surface area (Å²) in [7, 11) is 0. The molecule has 1 saturated heterocycles. The van der Waals surface area contributed by atoms with E-state index in [1.54, 1.807) is 0 Å². The maximum atomic E-state index is 5.50. The molecule has 3 heteroatoms. The van der Waals surface area contributed by atoms with Crippen molar-refractivity contribution in [1.82, 2.24) is 4.98 Å². The van der Waals surface area contributed by atoms with Gasteiger partial charge in [0.25, 0.3) is 0 Å². The van der Waals surface area contributed by atoms with Gasteiger partial charge in [-0.2, -0.15) is 0 Å². The first-order valence-corrected chi connectivity index (χ1v) is 5.02. The van der Waals surface area contributed by atoms with Crippen molar-refractivity contribution in [3.63, 3.8) is 0 Å². The first-order chi connectivity index (χ1) is 7.42. The van der Waals surface area contributed by atoms with Crippen LogP contribution in [0.15, 0.2) is 36.4 Å². The molecule has 1 aromatic heterocycles. The fraction of sp³-hybridized carbons (Fsp3) is 0.250. The lowest BCUT2D eigenvalue weighted by Crippen LogP contribution is -2.05. The predicted octanol–water partition coefficient (Wildman–Crippen LogP) is 2.01. The molecule has 0 aliphatic carbocycles. The van der Waals surface area contributed by atoms with E-state index in [1.165, 1.54) is 0 Å². The van der Waals surface area contributed by atoms with Crippen LogP contribution in [0.4, 0.5) is 0 Å². The standard InChI is InChI=1S/C12H11NO2/c1-2-4-11-9(3-1)5-6-12(13-11)15-8-10-7-14-10/h1-6,10H,7-8H2/t10-/m1/s1. The quantitative estimate of drug-likeness (QED) is 0.712. The number of hydrogen-bond acceptors (Lipinski definition) is 3. The molecule has 1 aliphatic heterocycles. The fourth-order valence-electron chi connectivity index (χ4n) is 1.47. The SMILES string of the molecule is c1ccc2nc(OC[C@H]3CO3)ccc2c1. The fourth-order valence-corrected chi connectivity index (χ4v) is 1.47. The van der Waals surface area contributed by atoms with E-state index < -0.39 is 0 Å². The summed E-state index contributed by atoms with van der Waals surface area (Å²) in [6.07, 6.45) is 0.276. The minimum atomic E-state index is 0.276. The molecule has 1 aromatic carbocycles. The zero-order valence-electron chi connectivity index (χ0n) is 8.22. The molecule has 76 valence electrons. The van der Waals surface area contributed by atoms with E-state index in [0.717, 1.165) is 17.5 Å². The minimum absolute atomic E-state index is 0.276. The van der Waals surface area contributed by atoms with Gasteiger partial charge in [0.1, 0.15) is 12.7 Å². The van der Waals surface area contributed by atoms with Crippen molar-refractivity contribution in [1.29, 1.82) is 0 Å². The summed E-state index contributed by atoms with van der Waals surface area (Å²) in [6.45, 7) is 1.42. The van der Waals surface area contributed by atoms with Crippen molar-refractivity contribution in [3.05, 3.63) is 36.4 Å². The number of benzene rings is 1. The Bertz CT molecular complexity index is 480. The Labute approximate surface area is 87.6 Å². The van der Waals surface area contributed by atoms with Crippen LogP contribution >= 0.6 is 0 Å². The van der Waals surface area contributed by atoms with Crippen LogP contribution in [-0.4, -0.2) is 24.3 Å². The molecule has 3 rings (SSSR count). The van der Waals surface area contributed by atoms with Crippen LogP contribution in [0, 0.1) is 0 Å². The van der Waals surface area contributed by atoms with Gasteiger partial charge >= 0.3 is 0 Å². The maximum Gasteiger partial charge on any atom is 0.213 e. The zero-order chi connectivity index (χ0) is 10.1. The molecule has 0 unspecified atom stereocenters.